The van der Waals surface area contributed by atoms with Gasteiger partial charge in [0.05, 0.1) is 0 Å². The van der Waals surface area contributed by atoms with Gasteiger partial charge in [-0.3, -0.25) is 0 Å². The molecule has 0 saturated heterocycles. The molecule has 5 nitrogen and oxygen atoms in total. The number of hydrogen-bond donors (Lipinski definition) is 0. The molecule has 0 saturated carbocycles. The molecule has 0 fully saturated rings. The molecule has 1 heterocycles. The Balaban J connectivity index is 2.67. The molecule has 1 aromatic heterocycles. The zero-order chi connectivity index (χ0) is 16.5. The molecule has 1 aromatic rings. The predicted octanol–water partition coefficient (Wildman–Crippen LogP) is 3.87. The van der Waals surface area contributed by atoms with Crippen LogP contribution in [-0.4, -0.2) is 44.7 Å². The van der Waals surface area contributed by atoms with Gasteiger partial charge in [0.1, 0.15) is 11.5 Å². The van der Waals surface area contributed by atoms with E-state index < -0.39 is 21.7 Å². The first-order chi connectivity index (χ1) is 9.32. The van der Waals surface area contributed by atoms with Gasteiger partial charge in [0.2, 0.25) is 5.88 Å². The molecule has 0 unspecified atom stereocenters. The van der Waals surface area contributed by atoms with E-state index >= 15 is 0 Å². The van der Waals surface area contributed by atoms with Crippen LogP contribution in [-0.2, 0) is 4.74 Å². The third-order valence-corrected chi connectivity index (χ3v) is 7.33. The Labute approximate surface area is 129 Å². The highest BCUT2D eigenvalue weighted by molar-refractivity contribution is 8.33. The van der Waals surface area contributed by atoms with E-state index in [1.165, 1.54) is 4.68 Å². The fourth-order valence-electron chi connectivity index (χ4n) is 1.18. The van der Waals surface area contributed by atoms with Crippen LogP contribution in [0.3, 0.4) is 0 Å². The SMILES string of the molecule is CC(C)(C)OC(=O)n1ccc(OCS(C)(C)C(C)(C)C)n1. The molecule has 0 amide bonds. The number of rotatable bonds is 3. The van der Waals surface area contributed by atoms with E-state index in [0.717, 1.165) is 0 Å². The standard InChI is InChI=1S/C15H28N2O3S/c1-14(2,3)20-13(18)17-10-9-12(16-17)19-11-21(7,8)15(4,5)6/h9-10H,11H2,1-8H3. The highest BCUT2D eigenvalue weighted by Crippen LogP contribution is 2.52. The van der Waals surface area contributed by atoms with Gasteiger partial charge in [-0.15, -0.1) is 5.10 Å². The van der Waals surface area contributed by atoms with Gasteiger partial charge in [-0.2, -0.15) is 4.68 Å². The second-order valence-electron chi connectivity index (χ2n) is 7.49. The maximum atomic E-state index is 11.9. The van der Waals surface area contributed by atoms with Gasteiger partial charge in [-0.25, -0.2) is 14.8 Å². The van der Waals surface area contributed by atoms with Crippen molar-refractivity contribution < 1.29 is 14.3 Å². The summed E-state index contributed by atoms with van der Waals surface area (Å²) in [5.74, 6) is 1.06. The lowest BCUT2D eigenvalue weighted by Crippen LogP contribution is -2.28. The van der Waals surface area contributed by atoms with Crippen molar-refractivity contribution in [2.45, 2.75) is 51.9 Å². The molecule has 0 spiro atoms. The van der Waals surface area contributed by atoms with Gasteiger partial charge >= 0.3 is 6.09 Å². The summed E-state index contributed by atoms with van der Waals surface area (Å²) in [6.07, 6.45) is 5.53. The van der Waals surface area contributed by atoms with E-state index in [2.05, 4.69) is 38.4 Å². The minimum absolute atomic E-state index is 0.195. The quantitative estimate of drug-likeness (QED) is 0.849. The van der Waals surface area contributed by atoms with Gasteiger partial charge in [-0.1, -0.05) is 20.8 Å². The predicted molar refractivity (Wildman–Crippen MR) is 88.5 cm³/mol. The van der Waals surface area contributed by atoms with Crippen LogP contribution in [0.1, 0.15) is 41.5 Å². The normalized spacial score (nSPS) is 13.9. The van der Waals surface area contributed by atoms with Crippen LogP contribution in [0.5, 0.6) is 5.88 Å². The molecule has 6 heteroatoms. The van der Waals surface area contributed by atoms with Crippen molar-refractivity contribution in [3.63, 3.8) is 0 Å². The van der Waals surface area contributed by atoms with Crippen LogP contribution >= 0.6 is 10.0 Å². The summed E-state index contributed by atoms with van der Waals surface area (Å²) in [5, 5.41) is 4.11. The van der Waals surface area contributed by atoms with Crippen molar-refractivity contribution in [2.75, 3.05) is 18.5 Å². The van der Waals surface area contributed by atoms with E-state index in [4.69, 9.17) is 9.47 Å². The Morgan fingerprint density at radius 2 is 1.81 bits per heavy atom. The number of hydrogen-bond acceptors (Lipinski definition) is 4. The second kappa shape index (κ2) is 5.91. The summed E-state index contributed by atoms with van der Waals surface area (Å²) < 4.78 is 12.4. The van der Waals surface area contributed by atoms with E-state index in [0.29, 0.717) is 11.8 Å². The maximum absolute atomic E-state index is 11.9. The lowest BCUT2D eigenvalue weighted by molar-refractivity contribution is 0.0512. The Kier molecular flexibility index (Phi) is 5.03. The van der Waals surface area contributed by atoms with Crippen molar-refractivity contribution in [2.24, 2.45) is 0 Å². The first-order valence-corrected chi connectivity index (χ1v) is 9.56. The summed E-state index contributed by atoms with van der Waals surface area (Å²) in [5.41, 5.74) is -0.539. The molecule has 0 aliphatic heterocycles. The number of nitrogens with zero attached hydrogens (tertiary/aromatic N) is 2. The van der Waals surface area contributed by atoms with Gasteiger partial charge in [0.15, 0.2) is 0 Å². The van der Waals surface area contributed by atoms with Gasteiger partial charge in [0, 0.05) is 12.3 Å². The number of aromatic nitrogens is 2. The van der Waals surface area contributed by atoms with E-state index in [1.54, 1.807) is 12.3 Å². The number of ether oxygens (including phenoxy) is 2. The van der Waals surface area contributed by atoms with Crippen LogP contribution in [0.4, 0.5) is 4.79 Å². The summed E-state index contributed by atoms with van der Waals surface area (Å²) in [6.45, 7) is 12.1. The van der Waals surface area contributed by atoms with Gasteiger partial charge in [0.25, 0.3) is 0 Å². The molecule has 0 aliphatic rings. The monoisotopic (exact) mass is 316 g/mol. The molecule has 0 aliphatic carbocycles. The van der Waals surface area contributed by atoms with E-state index in [-0.39, 0.29) is 4.75 Å². The molecule has 122 valence electrons. The fourth-order valence-corrected chi connectivity index (χ4v) is 1.95. The highest BCUT2D eigenvalue weighted by Gasteiger charge is 2.28. The van der Waals surface area contributed by atoms with Gasteiger partial charge in [-0.05, 0) is 38.0 Å². The van der Waals surface area contributed by atoms with E-state index in [9.17, 15) is 4.79 Å². The minimum Gasteiger partial charge on any atom is -0.467 e. The molecule has 1 rings (SSSR count). The van der Waals surface area contributed by atoms with Crippen molar-refractivity contribution >= 4 is 16.1 Å². The topological polar surface area (TPSA) is 53.4 Å². The lowest BCUT2D eigenvalue weighted by atomic mass is 10.2. The Morgan fingerprint density at radius 1 is 1.24 bits per heavy atom. The summed E-state index contributed by atoms with van der Waals surface area (Å²) >= 11 is 0. The number of carbonyl (C=O) groups excluding carboxylic acids is 1. The zero-order valence-electron chi connectivity index (χ0n) is 14.4. The van der Waals surface area contributed by atoms with Crippen LogP contribution in [0, 0.1) is 0 Å². The highest BCUT2D eigenvalue weighted by atomic mass is 32.3. The van der Waals surface area contributed by atoms with Crippen molar-refractivity contribution in [1.82, 2.24) is 9.78 Å². The van der Waals surface area contributed by atoms with Crippen molar-refractivity contribution in [1.29, 1.82) is 0 Å². The lowest BCUT2D eigenvalue weighted by Gasteiger charge is -2.43. The second-order valence-corrected chi connectivity index (χ2v) is 12.0. The zero-order valence-corrected chi connectivity index (χ0v) is 15.2. The Bertz CT molecular complexity index is 496. The summed E-state index contributed by atoms with van der Waals surface area (Å²) in [6, 6.07) is 1.68. The average molecular weight is 316 g/mol. The molecule has 0 N–H and O–H groups in total. The summed E-state index contributed by atoms with van der Waals surface area (Å²) in [4.78, 5) is 11.9. The largest absolute Gasteiger partial charge is 0.467 e. The molecule has 0 bridgehead atoms. The maximum Gasteiger partial charge on any atom is 0.435 e. The van der Waals surface area contributed by atoms with Crippen LogP contribution < -0.4 is 4.74 Å². The molecule has 0 radical (unpaired) electrons. The van der Waals surface area contributed by atoms with Crippen LogP contribution in [0.2, 0.25) is 0 Å². The molecule has 21 heavy (non-hydrogen) atoms. The minimum atomic E-state index is -0.923. The average Bonchev–Trinajstić information content (AvgIpc) is 2.71. The molecule has 0 aromatic carbocycles. The molecule has 0 atom stereocenters. The summed E-state index contributed by atoms with van der Waals surface area (Å²) in [7, 11) is -0.923. The fraction of sp³-hybridized carbons (Fsp3) is 0.733. The van der Waals surface area contributed by atoms with Gasteiger partial charge < -0.3 is 9.47 Å². The number of carbonyl (C=O) groups is 1. The Morgan fingerprint density at radius 3 is 2.29 bits per heavy atom. The molecular weight excluding hydrogens is 288 g/mol. The van der Waals surface area contributed by atoms with Crippen LogP contribution in [0.25, 0.3) is 0 Å². The first kappa shape index (κ1) is 17.9. The first-order valence-electron chi connectivity index (χ1n) is 6.94. The Hall–Kier alpha value is -1.17. The van der Waals surface area contributed by atoms with Crippen LogP contribution in [0.15, 0.2) is 12.3 Å². The van der Waals surface area contributed by atoms with Crippen molar-refractivity contribution in [3.8, 4) is 5.88 Å². The molecular formula is C15H28N2O3S. The third-order valence-electron chi connectivity index (χ3n) is 3.30. The smallest absolute Gasteiger partial charge is 0.435 e. The van der Waals surface area contributed by atoms with Crippen molar-refractivity contribution in [3.05, 3.63) is 12.3 Å². The third kappa shape index (κ3) is 5.26. The van der Waals surface area contributed by atoms with E-state index in [1.807, 2.05) is 20.8 Å².